The molecule has 0 fully saturated rings. The number of halogens is 6. The van der Waals surface area contributed by atoms with E-state index in [4.69, 9.17) is 19.3 Å². The molecule has 3 N–H and O–H groups in total. The summed E-state index contributed by atoms with van der Waals surface area (Å²) in [6, 6.07) is 22.4. The van der Waals surface area contributed by atoms with E-state index in [1.165, 1.54) is 31.1 Å². The van der Waals surface area contributed by atoms with Crippen LogP contribution in [0.5, 0.6) is 11.5 Å². The number of amides is 3. The highest BCUT2D eigenvalue weighted by Crippen LogP contribution is 2.39. The van der Waals surface area contributed by atoms with Gasteiger partial charge in [0.05, 0.1) is 30.3 Å². The molecule has 8 rings (SSSR count). The van der Waals surface area contributed by atoms with Crippen molar-refractivity contribution in [1.82, 2.24) is 29.8 Å². The fourth-order valence-electron chi connectivity index (χ4n) is 9.15. The van der Waals surface area contributed by atoms with Gasteiger partial charge in [-0.15, -0.1) is 0 Å². The first-order valence-corrected chi connectivity index (χ1v) is 24.8. The molecule has 0 saturated carbocycles. The predicted octanol–water partition coefficient (Wildman–Crippen LogP) is 9.11. The highest BCUT2D eigenvalue weighted by atomic mass is 19.4. The minimum absolute atomic E-state index is 0.0783. The van der Waals surface area contributed by atoms with Crippen LogP contribution in [0.2, 0.25) is 0 Å². The largest absolute Gasteiger partial charge is 0.487 e. The number of ether oxygens (including phenoxy) is 3. The van der Waals surface area contributed by atoms with Gasteiger partial charge in [0, 0.05) is 31.5 Å². The zero-order valence-corrected chi connectivity index (χ0v) is 44.1. The summed E-state index contributed by atoms with van der Waals surface area (Å²) in [4.78, 5) is 65.8. The highest BCUT2D eigenvalue weighted by Gasteiger charge is 2.40. The van der Waals surface area contributed by atoms with E-state index in [0.717, 1.165) is 43.1 Å². The highest BCUT2D eigenvalue weighted by molar-refractivity contribution is 6.02. The van der Waals surface area contributed by atoms with Crippen LogP contribution in [-0.2, 0) is 62.3 Å². The first-order chi connectivity index (χ1) is 37.2. The Balaban J connectivity index is 0.000000232. The maximum Gasteiger partial charge on any atom is 0.433 e. The molecule has 2 aliphatic heterocycles. The first kappa shape index (κ1) is 58.3. The number of aromatic nitrogens is 4. The molecule has 0 saturated heterocycles. The number of hydrogen-bond donors (Lipinski definition) is 3. The Hall–Kier alpha value is -8.41. The number of likely N-dealkylation sites (N-methyl/N-ethyl adjacent to an activating group) is 2. The van der Waals surface area contributed by atoms with Gasteiger partial charge >= 0.3 is 30.4 Å². The van der Waals surface area contributed by atoms with Gasteiger partial charge < -0.3 is 39.5 Å². The Labute approximate surface area is 450 Å². The number of para-hydroxylation sites is 2. The maximum atomic E-state index is 13.7. The maximum absolute atomic E-state index is 13.7. The molecule has 420 valence electrons. The average Bonchev–Trinajstić information content (AvgIpc) is 4.30. The summed E-state index contributed by atoms with van der Waals surface area (Å²) in [5.74, 6) is -2.36. The van der Waals surface area contributed by atoms with Gasteiger partial charge in [-0.3, -0.25) is 24.1 Å². The molecule has 18 nitrogen and oxygen atoms in total. The number of rotatable bonds is 16. The summed E-state index contributed by atoms with van der Waals surface area (Å²) in [6.07, 6.45) is -10.0. The number of carbonyl (C=O) groups excluding carboxylic acids is 3. The minimum atomic E-state index is -4.63. The summed E-state index contributed by atoms with van der Waals surface area (Å²) in [7, 11) is 2.86. The number of nitrogens with zero attached hydrogens (tertiary/aromatic N) is 7. The van der Waals surface area contributed by atoms with E-state index in [9.17, 15) is 55.4 Å². The SMILES string of the molecule is CN[C@H](CC(=O)O)C(=O)N1CCc2c1ccc(OCc1cc(C(F)(F)F)n(-c3ccccc3)n1)c2C.Cc1c(OCc2cc(C(F)(F)F)n(-c3ccccc3)n2)ccc2c1CCN2C(=O)[C@@H](CC(=O)O)N(C)C(=O)OC(C)(C)C. The standard InChI is InChI=1S/C30H33F3N4O6.C25H25F3N4O4/c1-18-21-13-14-36(27(40)23(16-26(38)39)35(5)28(41)43-29(2,3)4)22(21)11-12-24(18)42-17-19-15-25(30(31,32)33)37(34-19)20-9-7-6-8-10-20;1-15-18-10-11-31(24(35)19(29-2)13-23(33)34)20(18)8-9-21(15)36-14-16-12-22(25(26,27)28)32(30-16)17-6-4-3-5-7-17/h6-12,15,23H,13-14,16-17H2,1-5H3,(H,38,39);3-9,12,19,29H,10-11,13-14H2,1-2H3,(H,33,34)/t23-;19-/m11/s1. The number of fused-ring (bicyclic) bond motifs is 2. The van der Waals surface area contributed by atoms with Crippen LogP contribution in [0.1, 0.15) is 78.6 Å². The quantitative estimate of drug-likeness (QED) is 0.0773. The molecule has 0 aliphatic carbocycles. The van der Waals surface area contributed by atoms with Crippen molar-refractivity contribution in [3.63, 3.8) is 0 Å². The van der Waals surface area contributed by atoms with E-state index >= 15 is 0 Å². The monoisotopic (exact) mass is 1100 g/mol. The fourth-order valence-corrected chi connectivity index (χ4v) is 9.15. The zero-order valence-electron chi connectivity index (χ0n) is 44.1. The van der Waals surface area contributed by atoms with E-state index in [2.05, 4.69) is 15.5 Å². The lowest BCUT2D eigenvalue weighted by Crippen LogP contribution is -2.51. The number of carbonyl (C=O) groups is 5. The van der Waals surface area contributed by atoms with Crippen LogP contribution in [0.25, 0.3) is 11.4 Å². The third kappa shape index (κ3) is 13.7. The van der Waals surface area contributed by atoms with Gasteiger partial charge in [0.2, 0.25) is 5.91 Å². The van der Waals surface area contributed by atoms with Crippen LogP contribution in [-0.4, -0.2) is 109 Å². The molecular weight excluding hydrogens is 1050 g/mol. The molecule has 2 atom stereocenters. The summed E-state index contributed by atoms with van der Waals surface area (Å²) in [5.41, 5.74) is 2.38. The number of hydrogen-bond acceptors (Lipinski definition) is 11. The molecule has 2 aliphatic rings. The summed E-state index contributed by atoms with van der Waals surface area (Å²) in [5, 5.41) is 29.5. The number of anilines is 2. The lowest BCUT2D eigenvalue weighted by molar-refractivity contribution is -0.143. The lowest BCUT2D eigenvalue weighted by atomic mass is 10.0. The van der Waals surface area contributed by atoms with Crippen molar-refractivity contribution in [1.29, 1.82) is 0 Å². The molecule has 2 aromatic heterocycles. The van der Waals surface area contributed by atoms with Crippen molar-refractivity contribution in [3.8, 4) is 22.9 Å². The predicted molar refractivity (Wildman–Crippen MR) is 275 cm³/mol. The van der Waals surface area contributed by atoms with Crippen LogP contribution < -0.4 is 24.6 Å². The number of carboxylic acids is 2. The van der Waals surface area contributed by atoms with E-state index in [0.29, 0.717) is 47.8 Å². The molecular formula is C55H58F6N8O10. The van der Waals surface area contributed by atoms with Crippen molar-refractivity contribution in [3.05, 3.63) is 142 Å². The Kier molecular flexibility index (Phi) is 17.5. The number of alkyl halides is 6. The van der Waals surface area contributed by atoms with Gasteiger partial charge in [-0.2, -0.15) is 36.5 Å². The molecule has 79 heavy (non-hydrogen) atoms. The van der Waals surface area contributed by atoms with Crippen molar-refractivity contribution < 1.29 is 74.7 Å². The Morgan fingerprint density at radius 1 is 0.646 bits per heavy atom. The van der Waals surface area contributed by atoms with Crippen LogP contribution in [0.3, 0.4) is 0 Å². The van der Waals surface area contributed by atoms with Crippen molar-refractivity contribution in [2.75, 3.05) is 37.0 Å². The minimum Gasteiger partial charge on any atom is -0.487 e. The van der Waals surface area contributed by atoms with E-state index < -0.39 is 71.8 Å². The van der Waals surface area contributed by atoms with E-state index in [1.54, 1.807) is 105 Å². The van der Waals surface area contributed by atoms with Gasteiger partial charge in [0.15, 0.2) is 0 Å². The summed E-state index contributed by atoms with van der Waals surface area (Å²) in [6.45, 7) is 8.81. The second-order valence-corrected chi connectivity index (χ2v) is 19.6. The van der Waals surface area contributed by atoms with E-state index in [1.807, 2.05) is 6.92 Å². The van der Waals surface area contributed by atoms with Crippen LogP contribution in [0.4, 0.5) is 42.5 Å². The summed E-state index contributed by atoms with van der Waals surface area (Å²) < 4.78 is 101. The number of benzene rings is 4. The molecule has 4 heterocycles. The topological polar surface area (TPSA) is 211 Å². The van der Waals surface area contributed by atoms with Gasteiger partial charge in [-0.05, 0) is 137 Å². The number of carboxylic acid groups (broad SMARTS) is 2. The van der Waals surface area contributed by atoms with Gasteiger partial charge in [-0.1, -0.05) is 36.4 Å². The van der Waals surface area contributed by atoms with Crippen LogP contribution in [0.15, 0.2) is 97.1 Å². The molecule has 6 aromatic rings. The second kappa shape index (κ2) is 23.7. The fraction of sp³-hybridized carbons (Fsp3) is 0.364. The van der Waals surface area contributed by atoms with Gasteiger partial charge in [-0.25, -0.2) is 14.2 Å². The van der Waals surface area contributed by atoms with Crippen molar-refractivity contribution >= 4 is 41.2 Å². The zero-order chi connectivity index (χ0) is 57.7. The third-order valence-electron chi connectivity index (χ3n) is 13.0. The summed E-state index contributed by atoms with van der Waals surface area (Å²) >= 11 is 0. The lowest BCUT2D eigenvalue weighted by Gasteiger charge is -2.31. The molecule has 3 amide bonds. The molecule has 0 unspecified atom stereocenters. The normalized spacial score (nSPS) is 13.9. The Morgan fingerprint density at radius 2 is 1.06 bits per heavy atom. The molecule has 0 radical (unpaired) electrons. The Morgan fingerprint density at radius 3 is 1.44 bits per heavy atom. The van der Waals surface area contributed by atoms with Gasteiger partial charge in [0.1, 0.15) is 59.1 Å². The van der Waals surface area contributed by atoms with Crippen LogP contribution >= 0.6 is 0 Å². The van der Waals surface area contributed by atoms with Crippen LogP contribution in [0, 0.1) is 13.8 Å². The number of aliphatic carboxylic acids is 2. The Bertz CT molecular complexity index is 3210. The van der Waals surface area contributed by atoms with E-state index in [-0.39, 0.29) is 54.8 Å². The number of nitrogens with one attached hydrogen (secondary N) is 1. The van der Waals surface area contributed by atoms with Gasteiger partial charge in [0.25, 0.3) is 5.91 Å². The van der Waals surface area contributed by atoms with Crippen molar-refractivity contribution in [2.45, 2.75) is 104 Å². The molecule has 24 heteroatoms. The smallest absolute Gasteiger partial charge is 0.433 e. The third-order valence-corrected chi connectivity index (χ3v) is 13.0. The molecule has 0 spiro atoms. The average molecular weight is 1110 g/mol. The molecule has 4 aromatic carbocycles. The van der Waals surface area contributed by atoms with Crippen molar-refractivity contribution in [2.24, 2.45) is 0 Å². The first-order valence-electron chi connectivity index (χ1n) is 24.8. The second-order valence-electron chi connectivity index (χ2n) is 19.6. The molecule has 0 bridgehead atoms.